The molecule has 0 amide bonds. The molecule has 0 bridgehead atoms. The first-order valence-electron chi connectivity index (χ1n) is 4.46. The number of rotatable bonds is 5. The van der Waals surface area contributed by atoms with Gasteiger partial charge in [0.15, 0.2) is 0 Å². The number of ether oxygens (including phenoxy) is 1. The van der Waals surface area contributed by atoms with Gasteiger partial charge in [0.1, 0.15) is 5.75 Å². The van der Waals surface area contributed by atoms with Gasteiger partial charge in [0.25, 0.3) is 0 Å². The number of alkyl halides is 1. The van der Waals surface area contributed by atoms with Crippen molar-refractivity contribution >= 4 is 17.3 Å². The van der Waals surface area contributed by atoms with Crippen molar-refractivity contribution < 1.29 is 4.74 Å². The van der Waals surface area contributed by atoms with Gasteiger partial charge in [0, 0.05) is 12.4 Å². The standard InChI is InChI=1S/C11H14ClNO/c1-14-11-7-3-2-6-10(11)13-9-5-4-8-12/h2-7,13H,8-9H2,1H3/b5-4+. The van der Waals surface area contributed by atoms with E-state index in [0.717, 1.165) is 18.0 Å². The third kappa shape index (κ3) is 3.30. The number of benzene rings is 1. The highest BCUT2D eigenvalue weighted by Crippen LogP contribution is 2.22. The summed E-state index contributed by atoms with van der Waals surface area (Å²) in [5.74, 6) is 1.40. The number of para-hydroxylation sites is 2. The Labute approximate surface area is 89.5 Å². The van der Waals surface area contributed by atoms with Gasteiger partial charge in [-0.2, -0.15) is 0 Å². The Balaban J connectivity index is 2.53. The zero-order valence-corrected chi connectivity index (χ0v) is 8.92. The second-order valence-electron chi connectivity index (χ2n) is 2.71. The molecule has 0 saturated carbocycles. The van der Waals surface area contributed by atoms with E-state index in [4.69, 9.17) is 16.3 Å². The molecule has 0 aliphatic heterocycles. The fourth-order valence-electron chi connectivity index (χ4n) is 1.11. The number of halogens is 1. The molecule has 1 aromatic carbocycles. The molecule has 1 rings (SSSR count). The Hall–Kier alpha value is -1.15. The Morgan fingerprint density at radius 3 is 2.86 bits per heavy atom. The van der Waals surface area contributed by atoms with Crippen molar-refractivity contribution in [2.75, 3.05) is 24.9 Å². The molecule has 0 atom stereocenters. The van der Waals surface area contributed by atoms with Crippen LogP contribution in [0.1, 0.15) is 0 Å². The second kappa shape index (κ2) is 6.33. The summed E-state index contributed by atoms with van der Waals surface area (Å²) in [5.41, 5.74) is 0.995. The van der Waals surface area contributed by atoms with Crippen molar-refractivity contribution in [2.45, 2.75) is 0 Å². The van der Waals surface area contributed by atoms with Crippen LogP contribution in [0.2, 0.25) is 0 Å². The smallest absolute Gasteiger partial charge is 0.141 e. The van der Waals surface area contributed by atoms with Gasteiger partial charge in [-0.25, -0.2) is 0 Å². The highest BCUT2D eigenvalue weighted by molar-refractivity contribution is 6.18. The lowest BCUT2D eigenvalue weighted by Gasteiger charge is -2.08. The van der Waals surface area contributed by atoms with Crippen LogP contribution in [0.3, 0.4) is 0 Å². The molecule has 1 aromatic rings. The highest BCUT2D eigenvalue weighted by atomic mass is 35.5. The minimum absolute atomic E-state index is 0.549. The Morgan fingerprint density at radius 2 is 2.14 bits per heavy atom. The first-order chi connectivity index (χ1) is 6.88. The van der Waals surface area contributed by atoms with Gasteiger partial charge in [-0.15, -0.1) is 11.6 Å². The van der Waals surface area contributed by atoms with E-state index < -0.39 is 0 Å². The van der Waals surface area contributed by atoms with Gasteiger partial charge in [-0.05, 0) is 12.1 Å². The second-order valence-corrected chi connectivity index (χ2v) is 3.02. The summed E-state index contributed by atoms with van der Waals surface area (Å²) >= 11 is 5.50. The Morgan fingerprint density at radius 1 is 1.36 bits per heavy atom. The normalized spacial score (nSPS) is 10.4. The summed E-state index contributed by atoms with van der Waals surface area (Å²) in [7, 11) is 1.66. The molecule has 0 saturated heterocycles. The lowest BCUT2D eigenvalue weighted by Crippen LogP contribution is -2.00. The molecular formula is C11H14ClNO. The van der Waals surface area contributed by atoms with E-state index in [1.54, 1.807) is 7.11 Å². The van der Waals surface area contributed by atoms with Crippen LogP contribution in [0.5, 0.6) is 5.75 Å². The molecule has 0 aromatic heterocycles. The lowest BCUT2D eigenvalue weighted by atomic mass is 10.3. The molecule has 0 heterocycles. The van der Waals surface area contributed by atoms with Crippen LogP contribution in [-0.2, 0) is 0 Å². The van der Waals surface area contributed by atoms with Crippen molar-refractivity contribution in [3.05, 3.63) is 36.4 Å². The van der Waals surface area contributed by atoms with Gasteiger partial charge < -0.3 is 10.1 Å². The maximum Gasteiger partial charge on any atom is 0.141 e. The van der Waals surface area contributed by atoms with Crippen molar-refractivity contribution in [3.63, 3.8) is 0 Å². The molecule has 0 spiro atoms. The number of methoxy groups -OCH3 is 1. The van der Waals surface area contributed by atoms with Gasteiger partial charge in [0.2, 0.25) is 0 Å². The van der Waals surface area contributed by atoms with Crippen LogP contribution in [0.4, 0.5) is 5.69 Å². The number of hydrogen-bond donors (Lipinski definition) is 1. The minimum Gasteiger partial charge on any atom is -0.495 e. The first-order valence-corrected chi connectivity index (χ1v) is 4.99. The quantitative estimate of drug-likeness (QED) is 0.598. The molecule has 3 heteroatoms. The van der Waals surface area contributed by atoms with E-state index in [2.05, 4.69) is 5.32 Å². The van der Waals surface area contributed by atoms with E-state index in [1.165, 1.54) is 0 Å². The Bertz CT molecular complexity index is 299. The van der Waals surface area contributed by atoms with Crippen LogP contribution in [0, 0.1) is 0 Å². The fourth-order valence-corrected chi connectivity index (χ4v) is 1.23. The van der Waals surface area contributed by atoms with Crippen LogP contribution in [0.15, 0.2) is 36.4 Å². The first kappa shape index (κ1) is 10.9. The van der Waals surface area contributed by atoms with Crippen LogP contribution < -0.4 is 10.1 Å². The summed E-state index contributed by atoms with van der Waals surface area (Å²) < 4.78 is 5.19. The van der Waals surface area contributed by atoms with E-state index >= 15 is 0 Å². The summed E-state index contributed by atoms with van der Waals surface area (Å²) in [6.45, 7) is 0.757. The van der Waals surface area contributed by atoms with E-state index in [-0.39, 0.29) is 0 Å². The average Bonchev–Trinajstić information content (AvgIpc) is 2.25. The number of nitrogens with one attached hydrogen (secondary N) is 1. The molecule has 0 unspecified atom stereocenters. The lowest BCUT2D eigenvalue weighted by molar-refractivity contribution is 0.416. The molecule has 0 radical (unpaired) electrons. The van der Waals surface area contributed by atoms with Crippen molar-refractivity contribution in [3.8, 4) is 5.75 Å². The maximum absolute atomic E-state index is 5.50. The van der Waals surface area contributed by atoms with E-state index in [1.807, 2.05) is 36.4 Å². The molecule has 0 aliphatic carbocycles. The summed E-state index contributed by atoms with van der Waals surface area (Å²) in [4.78, 5) is 0. The zero-order valence-electron chi connectivity index (χ0n) is 8.16. The predicted molar refractivity (Wildman–Crippen MR) is 61.3 cm³/mol. The number of hydrogen-bond acceptors (Lipinski definition) is 2. The summed E-state index contributed by atoms with van der Waals surface area (Å²) in [5, 5.41) is 3.23. The molecule has 76 valence electrons. The third-order valence-corrected chi connectivity index (χ3v) is 1.95. The van der Waals surface area contributed by atoms with Crippen LogP contribution in [-0.4, -0.2) is 19.5 Å². The third-order valence-electron chi connectivity index (χ3n) is 1.77. The fraction of sp³-hybridized carbons (Fsp3) is 0.273. The monoisotopic (exact) mass is 211 g/mol. The summed E-state index contributed by atoms with van der Waals surface area (Å²) in [6.07, 6.45) is 3.89. The summed E-state index contributed by atoms with van der Waals surface area (Å²) in [6, 6.07) is 7.82. The van der Waals surface area contributed by atoms with Crippen LogP contribution >= 0.6 is 11.6 Å². The SMILES string of the molecule is COc1ccccc1NC/C=C/CCl. The minimum atomic E-state index is 0.549. The molecule has 2 nitrogen and oxygen atoms in total. The molecule has 0 fully saturated rings. The van der Waals surface area contributed by atoms with Crippen LogP contribution in [0.25, 0.3) is 0 Å². The maximum atomic E-state index is 5.50. The van der Waals surface area contributed by atoms with Crippen molar-refractivity contribution in [2.24, 2.45) is 0 Å². The van der Waals surface area contributed by atoms with Gasteiger partial charge in [0.05, 0.1) is 12.8 Å². The van der Waals surface area contributed by atoms with E-state index in [0.29, 0.717) is 5.88 Å². The number of anilines is 1. The molecule has 14 heavy (non-hydrogen) atoms. The highest BCUT2D eigenvalue weighted by Gasteiger charge is 1.97. The van der Waals surface area contributed by atoms with Gasteiger partial charge >= 0.3 is 0 Å². The molecule has 1 N–H and O–H groups in total. The molecular weight excluding hydrogens is 198 g/mol. The average molecular weight is 212 g/mol. The van der Waals surface area contributed by atoms with Gasteiger partial charge in [-0.3, -0.25) is 0 Å². The predicted octanol–water partition coefficient (Wildman–Crippen LogP) is 2.90. The zero-order chi connectivity index (χ0) is 10.2. The Kier molecular flexibility index (Phi) is 4.94. The number of allylic oxidation sites excluding steroid dienone is 1. The van der Waals surface area contributed by atoms with Crippen molar-refractivity contribution in [1.82, 2.24) is 0 Å². The van der Waals surface area contributed by atoms with Crippen molar-refractivity contribution in [1.29, 1.82) is 0 Å². The topological polar surface area (TPSA) is 21.3 Å². The molecule has 0 aliphatic rings. The van der Waals surface area contributed by atoms with E-state index in [9.17, 15) is 0 Å². The largest absolute Gasteiger partial charge is 0.495 e. The van der Waals surface area contributed by atoms with Gasteiger partial charge in [-0.1, -0.05) is 24.3 Å².